The Morgan fingerprint density at radius 3 is 2.48 bits per heavy atom. The zero-order chi connectivity index (χ0) is 15.9. The average molecular weight is 298 g/mol. The number of aliphatic hydroxyl groups is 1. The predicted octanol–water partition coefficient (Wildman–Crippen LogP) is 1.60. The summed E-state index contributed by atoms with van der Waals surface area (Å²) >= 11 is 0. The van der Waals surface area contributed by atoms with E-state index in [4.69, 9.17) is 0 Å². The Morgan fingerprint density at radius 2 is 1.86 bits per heavy atom. The van der Waals surface area contributed by atoms with Crippen LogP contribution in [0.2, 0.25) is 0 Å². The van der Waals surface area contributed by atoms with Crippen LogP contribution in [0.4, 0.5) is 0 Å². The van der Waals surface area contributed by atoms with Crippen molar-refractivity contribution in [1.82, 2.24) is 10.6 Å². The van der Waals surface area contributed by atoms with Gasteiger partial charge in [0.05, 0.1) is 0 Å². The molecule has 5 nitrogen and oxygen atoms in total. The van der Waals surface area contributed by atoms with E-state index in [1.165, 1.54) is 0 Å². The Bertz CT molecular complexity index is 350. The molecule has 0 saturated heterocycles. The molecule has 0 aromatic rings. The lowest BCUT2D eigenvalue weighted by molar-refractivity contribution is -0.129. The normalized spacial score (nSPS) is 22.7. The molecule has 122 valence electrons. The molecule has 0 aromatic carbocycles. The van der Waals surface area contributed by atoms with E-state index in [0.717, 1.165) is 25.7 Å². The second-order valence-corrected chi connectivity index (χ2v) is 7.01. The van der Waals surface area contributed by atoms with E-state index in [2.05, 4.69) is 10.6 Å². The monoisotopic (exact) mass is 298 g/mol. The zero-order valence-corrected chi connectivity index (χ0v) is 13.6. The van der Waals surface area contributed by atoms with Crippen molar-refractivity contribution in [2.24, 2.45) is 11.3 Å². The molecule has 21 heavy (non-hydrogen) atoms. The van der Waals surface area contributed by atoms with Crippen LogP contribution in [-0.2, 0) is 9.59 Å². The van der Waals surface area contributed by atoms with Crippen molar-refractivity contribution < 1.29 is 14.7 Å². The highest BCUT2D eigenvalue weighted by Gasteiger charge is 2.25. The minimum Gasteiger partial charge on any atom is -0.396 e. The third-order valence-corrected chi connectivity index (χ3v) is 4.04. The fourth-order valence-electron chi connectivity index (χ4n) is 2.61. The van der Waals surface area contributed by atoms with Crippen LogP contribution in [0.3, 0.4) is 0 Å². The smallest absolute Gasteiger partial charge is 0.225 e. The molecule has 0 radical (unpaired) electrons. The van der Waals surface area contributed by atoms with Gasteiger partial charge in [-0.2, -0.15) is 0 Å². The van der Waals surface area contributed by atoms with E-state index < -0.39 is 5.41 Å². The third kappa shape index (κ3) is 6.46. The van der Waals surface area contributed by atoms with Crippen LogP contribution in [0.1, 0.15) is 59.3 Å². The maximum Gasteiger partial charge on any atom is 0.225 e. The van der Waals surface area contributed by atoms with Crippen LogP contribution in [0, 0.1) is 11.3 Å². The van der Waals surface area contributed by atoms with E-state index in [1.807, 2.05) is 20.8 Å². The summed E-state index contributed by atoms with van der Waals surface area (Å²) in [6.07, 6.45) is 5.25. The first-order valence-corrected chi connectivity index (χ1v) is 8.03. The molecule has 1 aliphatic carbocycles. The number of hydrogen-bond donors (Lipinski definition) is 3. The van der Waals surface area contributed by atoms with Gasteiger partial charge in [0.15, 0.2) is 0 Å². The summed E-state index contributed by atoms with van der Waals surface area (Å²) in [6, 6.07) is 0.111. The number of carbonyl (C=O) groups excluding carboxylic acids is 2. The SMILES string of the molecule is CC(C)(C)C(=O)NCCCC(=O)NC1CCCCC1CO. The van der Waals surface area contributed by atoms with Crippen LogP contribution in [0.5, 0.6) is 0 Å². The Labute approximate surface area is 127 Å². The molecule has 0 spiro atoms. The maximum absolute atomic E-state index is 11.9. The molecular weight excluding hydrogens is 268 g/mol. The number of carbonyl (C=O) groups is 2. The van der Waals surface area contributed by atoms with Gasteiger partial charge in [0, 0.05) is 36.9 Å². The molecule has 2 unspecified atom stereocenters. The second-order valence-electron chi connectivity index (χ2n) is 7.01. The summed E-state index contributed by atoms with van der Waals surface area (Å²) < 4.78 is 0. The lowest BCUT2D eigenvalue weighted by atomic mass is 9.85. The minimum atomic E-state index is -0.390. The van der Waals surface area contributed by atoms with Gasteiger partial charge in [0.25, 0.3) is 0 Å². The van der Waals surface area contributed by atoms with Crippen LogP contribution < -0.4 is 10.6 Å². The molecule has 1 saturated carbocycles. The molecule has 2 atom stereocenters. The number of rotatable bonds is 6. The van der Waals surface area contributed by atoms with Gasteiger partial charge in [-0.05, 0) is 19.3 Å². The van der Waals surface area contributed by atoms with E-state index >= 15 is 0 Å². The maximum atomic E-state index is 11.9. The summed E-state index contributed by atoms with van der Waals surface area (Å²) in [5.41, 5.74) is -0.390. The van der Waals surface area contributed by atoms with Crippen LogP contribution in [0.25, 0.3) is 0 Å². The summed E-state index contributed by atoms with van der Waals surface area (Å²) in [5, 5.41) is 15.2. The number of nitrogens with one attached hydrogen (secondary N) is 2. The second kappa shape index (κ2) is 8.37. The van der Waals surface area contributed by atoms with E-state index in [1.54, 1.807) is 0 Å². The zero-order valence-electron chi connectivity index (χ0n) is 13.6. The van der Waals surface area contributed by atoms with Gasteiger partial charge >= 0.3 is 0 Å². The van der Waals surface area contributed by atoms with Crippen molar-refractivity contribution in [2.45, 2.75) is 65.3 Å². The van der Waals surface area contributed by atoms with Crippen molar-refractivity contribution in [1.29, 1.82) is 0 Å². The van der Waals surface area contributed by atoms with Gasteiger partial charge in [0.1, 0.15) is 0 Å². The quantitative estimate of drug-likeness (QED) is 0.652. The first kappa shape index (κ1) is 18.0. The van der Waals surface area contributed by atoms with Crippen LogP contribution in [-0.4, -0.2) is 36.1 Å². The highest BCUT2D eigenvalue weighted by Crippen LogP contribution is 2.24. The van der Waals surface area contributed by atoms with Gasteiger partial charge < -0.3 is 15.7 Å². The number of aliphatic hydroxyl groups excluding tert-OH is 1. The van der Waals surface area contributed by atoms with E-state index in [-0.39, 0.29) is 30.4 Å². The molecule has 2 amide bonds. The van der Waals surface area contributed by atoms with Gasteiger partial charge in [-0.25, -0.2) is 0 Å². The highest BCUT2D eigenvalue weighted by molar-refractivity contribution is 5.81. The first-order chi connectivity index (χ1) is 9.84. The summed E-state index contributed by atoms with van der Waals surface area (Å²) in [6.45, 7) is 6.28. The number of amides is 2. The molecule has 1 rings (SSSR count). The van der Waals surface area contributed by atoms with Crippen molar-refractivity contribution in [3.05, 3.63) is 0 Å². The van der Waals surface area contributed by atoms with Gasteiger partial charge in [-0.1, -0.05) is 33.6 Å². The third-order valence-electron chi connectivity index (χ3n) is 4.04. The van der Waals surface area contributed by atoms with Gasteiger partial charge in [-0.15, -0.1) is 0 Å². The lowest BCUT2D eigenvalue weighted by Crippen LogP contribution is -2.43. The predicted molar refractivity (Wildman–Crippen MR) is 82.7 cm³/mol. The van der Waals surface area contributed by atoms with E-state index in [9.17, 15) is 14.7 Å². The fourth-order valence-corrected chi connectivity index (χ4v) is 2.61. The summed E-state index contributed by atoms with van der Waals surface area (Å²) in [4.78, 5) is 23.6. The molecule has 0 aromatic heterocycles. The fraction of sp³-hybridized carbons (Fsp3) is 0.875. The molecule has 0 heterocycles. The lowest BCUT2D eigenvalue weighted by Gasteiger charge is -2.30. The Morgan fingerprint density at radius 1 is 1.19 bits per heavy atom. The molecule has 1 aliphatic rings. The average Bonchev–Trinajstić information content (AvgIpc) is 2.43. The topological polar surface area (TPSA) is 78.4 Å². The standard InChI is InChI=1S/C16H30N2O3/c1-16(2,3)15(21)17-10-6-9-14(20)18-13-8-5-4-7-12(13)11-19/h12-13,19H,4-11H2,1-3H3,(H,17,21)(H,18,20). The van der Waals surface area contributed by atoms with Crippen LogP contribution >= 0.6 is 0 Å². The summed E-state index contributed by atoms with van der Waals surface area (Å²) in [7, 11) is 0. The van der Waals surface area contributed by atoms with Crippen LogP contribution in [0.15, 0.2) is 0 Å². The molecule has 0 bridgehead atoms. The minimum absolute atomic E-state index is 0.00975. The van der Waals surface area contributed by atoms with Gasteiger partial charge in [0.2, 0.25) is 11.8 Å². The number of hydrogen-bond acceptors (Lipinski definition) is 3. The molecule has 5 heteroatoms. The first-order valence-electron chi connectivity index (χ1n) is 8.03. The highest BCUT2D eigenvalue weighted by atomic mass is 16.3. The Balaban J connectivity index is 2.20. The van der Waals surface area contributed by atoms with Crippen molar-refractivity contribution in [2.75, 3.05) is 13.2 Å². The molecule has 1 fully saturated rings. The Kier molecular flexibility index (Phi) is 7.15. The van der Waals surface area contributed by atoms with Crippen molar-refractivity contribution in [3.8, 4) is 0 Å². The molecular formula is C16H30N2O3. The summed E-state index contributed by atoms with van der Waals surface area (Å²) in [5.74, 6) is 0.226. The van der Waals surface area contributed by atoms with Crippen molar-refractivity contribution >= 4 is 11.8 Å². The molecule has 3 N–H and O–H groups in total. The van der Waals surface area contributed by atoms with Crippen molar-refractivity contribution in [3.63, 3.8) is 0 Å². The van der Waals surface area contributed by atoms with E-state index in [0.29, 0.717) is 19.4 Å². The molecule has 0 aliphatic heterocycles. The largest absolute Gasteiger partial charge is 0.396 e. The Hall–Kier alpha value is -1.10. The van der Waals surface area contributed by atoms with Gasteiger partial charge in [-0.3, -0.25) is 9.59 Å².